The molecule has 2 aromatic carbocycles. The molecule has 1 aromatic heterocycles. The first-order valence-electron chi connectivity index (χ1n) is 10.7. The van der Waals surface area contributed by atoms with Gasteiger partial charge in [0, 0.05) is 16.5 Å². The van der Waals surface area contributed by atoms with E-state index in [1.54, 1.807) is 6.07 Å². The van der Waals surface area contributed by atoms with Gasteiger partial charge in [-0.05, 0) is 46.7 Å². The van der Waals surface area contributed by atoms with E-state index in [-0.39, 0.29) is 11.3 Å². The van der Waals surface area contributed by atoms with Gasteiger partial charge in [0.2, 0.25) is 0 Å². The molecule has 8 heteroatoms. The molecule has 180 valence electrons. The Morgan fingerprint density at radius 3 is 2.06 bits per heavy atom. The average molecular weight is 494 g/mol. The maximum Gasteiger partial charge on any atom is 0.541 e. The van der Waals surface area contributed by atoms with E-state index in [0.717, 1.165) is 12.5 Å². The lowest BCUT2D eigenvalue weighted by atomic mass is 9.73. The number of nitrogens with zero attached hydrogens (tertiary/aromatic N) is 1. The summed E-state index contributed by atoms with van der Waals surface area (Å²) < 4.78 is 26.2. The third-order valence-electron chi connectivity index (χ3n) is 5.95. The summed E-state index contributed by atoms with van der Waals surface area (Å²) >= 11 is 0. The monoisotopic (exact) mass is 494 g/mol. The van der Waals surface area contributed by atoms with Gasteiger partial charge in [-0.1, -0.05) is 63.2 Å². The van der Waals surface area contributed by atoms with Gasteiger partial charge in [0.1, 0.15) is 5.82 Å². The first kappa shape index (κ1) is 26.2. The Kier molecular flexibility index (Phi) is 6.97. The summed E-state index contributed by atoms with van der Waals surface area (Å²) in [6.45, 7) is 6.55. The number of pyridine rings is 1. The summed E-state index contributed by atoms with van der Waals surface area (Å²) in [6, 6.07) is 16.2. The SMILES string of the molecule is C#CC(C(=O)O)([P+](=O)O)C(C)(O)c1c(-c2ccc(F)cc2)cc(-c2ccccc2)nc1C(C)(C)C. The van der Waals surface area contributed by atoms with Crippen molar-refractivity contribution < 1.29 is 28.9 Å². The van der Waals surface area contributed by atoms with E-state index in [1.807, 2.05) is 57.0 Å². The van der Waals surface area contributed by atoms with E-state index in [4.69, 9.17) is 11.4 Å². The Morgan fingerprint density at radius 1 is 1.03 bits per heavy atom. The minimum atomic E-state index is -3.61. The number of aliphatic hydroxyl groups is 1. The molecule has 35 heavy (non-hydrogen) atoms. The van der Waals surface area contributed by atoms with E-state index in [2.05, 4.69) is 0 Å². The van der Waals surface area contributed by atoms with Crippen LogP contribution in [0.1, 0.15) is 39.0 Å². The van der Waals surface area contributed by atoms with Crippen molar-refractivity contribution in [2.45, 2.75) is 43.9 Å². The largest absolute Gasteiger partial charge is 0.541 e. The molecular formula is C27H26FNO5P+. The lowest BCUT2D eigenvalue weighted by Crippen LogP contribution is -2.53. The van der Waals surface area contributed by atoms with Crippen LogP contribution in [0.15, 0.2) is 60.7 Å². The van der Waals surface area contributed by atoms with Crippen molar-refractivity contribution in [1.29, 1.82) is 0 Å². The maximum atomic E-state index is 13.8. The topological polar surface area (TPSA) is 108 Å². The van der Waals surface area contributed by atoms with Crippen molar-refractivity contribution in [2.24, 2.45) is 0 Å². The molecule has 0 aliphatic heterocycles. The maximum absolute atomic E-state index is 13.8. The number of rotatable bonds is 6. The molecule has 0 aliphatic rings. The van der Waals surface area contributed by atoms with Crippen molar-refractivity contribution in [2.75, 3.05) is 0 Å². The fourth-order valence-electron chi connectivity index (χ4n) is 4.11. The zero-order valence-corrected chi connectivity index (χ0v) is 20.7. The number of carbonyl (C=O) groups is 1. The second-order valence-electron chi connectivity index (χ2n) is 9.41. The Bertz CT molecular complexity index is 1310. The normalized spacial score (nSPS) is 15.4. The van der Waals surface area contributed by atoms with Crippen molar-refractivity contribution in [3.05, 3.63) is 77.7 Å². The Labute approximate surface area is 204 Å². The predicted molar refractivity (Wildman–Crippen MR) is 132 cm³/mol. The molecule has 0 bridgehead atoms. The van der Waals surface area contributed by atoms with Gasteiger partial charge in [-0.3, -0.25) is 4.98 Å². The summed E-state index contributed by atoms with van der Waals surface area (Å²) in [7, 11) is -3.61. The van der Waals surface area contributed by atoms with E-state index in [1.165, 1.54) is 24.3 Å². The van der Waals surface area contributed by atoms with Crippen LogP contribution in [0.5, 0.6) is 0 Å². The molecule has 0 aliphatic carbocycles. The molecule has 3 atom stereocenters. The minimum absolute atomic E-state index is 0.0194. The molecule has 0 amide bonds. The number of aromatic nitrogens is 1. The van der Waals surface area contributed by atoms with Crippen molar-refractivity contribution >= 4 is 14.0 Å². The Balaban J connectivity index is 2.56. The standard InChI is InChI=1S/C27H25FNO5P/c1-6-27(24(30)31,35(33)34)26(5,32)22-20(17-12-14-19(28)15-13-17)16-21(18-10-8-7-9-11-18)29-23(22)25(2,3)4/h1,7-16,32H,2-5H3,(H-,30,31,33,34)/p+1. The van der Waals surface area contributed by atoms with Gasteiger partial charge in [0.15, 0.2) is 5.60 Å². The number of benzene rings is 2. The van der Waals surface area contributed by atoms with Gasteiger partial charge >= 0.3 is 19.2 Å². The molecule has 0 saturated carbocycles. The van der Waals surface area contributed by atoms with Gasteiger partial charge in [0.05, 0.1) is 11.4 Å². The van der Waals surface area contributed by atoms with Crippen LogP contribution in [0, 0.1) is 18.2 Å². The minimum Gasteiger partial charge on any atom is -0.477 e. The van der Waals surface area contributed by atoms with Crippen molar-refractivity contribution in [3.8, 4) is 34.7 Å². The van der Waals surface area contributed by atoms with Crippen LogP contribution in [-0.4, -0.2) is 31.2 Å². The second-order valence-corrected chi connectivity index (χ2v) is 10.6. The molecule has 0 radical (unpaired) electrons. The highest BCUT2D eigenvalue weighted by Crippen LogP contribution is 2.53. The fourth-order valence-corrected chi connectivity index (χ4v) is 4.87. The van der Waals surface area contributed by atoms with Gasteiger partial charge in [-0.2, -0.15) is 4.89 Å². The predicted octanol–water partition coefficient (Wildman–Crippen LogP) is 5.25. The van der Waals surface area contributed by atoms with Crippen LogP contribution >= 0.6 is 8.03 Å². The van der Waals surface area contributed by atoms with Crippen LogP contribution in [0.25, 0.3) is 22.4 Å². The van der Waals surface area contributed by atoms with Crippen molar-refractivity contribution in [3.63, 3.8) is 0 Å². The molecule has 3 N–H and O–H groups in total. The number of hydrogen-bond donors (Lipinski definition) is 3. The first-order valence-corrected chi connectivity index (χ1v) is 12.0. The molecule has 0 fully saturated rings. The van der Waals surface area contributed by atoms with E-state index >= 15 is 0 Å². The summed E-state index contributed by atoms with van der Waals surface area (Å²) in [4.78, 5) is 27.2. The zero-order chi connectivity index (χ0) is 26.2. The smallest absolute Gasteiger partial charge is 0.477 e. The summed E-state index contributed by atoms with van der Waals surface area (Å²) in [5, 5.41) is 19.0. The highest BCUT2D eigenvalue weighted by molar-refractivity contribution is 7.42. The average Bonchev–Trinajstić information content (AvgIpc) is 2.79. The van der Waals surface area contributed by atoms with Crippen LogP contribution < -0.4 is 0 Å². The zero-order valence-electron chi connectivity index (χ0n) is 19.8. The molecule has 0 spiro atoms. The van der Waals surface area contributed by atoms with Crippen LogP contribution in [0.2, 0.25) is 0 Å². The van der Waals surface area contributed by atoms with Crippen molar-refractivity contribution in [1.82, 2.24) is 4.98 Å². The highest BCUT2D eigenvalue weighted by atomic mass is 31.1. The highest BCUT2D eigenvalue weighted by Gasteiger charge is 2.70. The number of hydrogen-bond acceptors (Lipinski definition) is 4. The lowest BCUT2D eigenvalue weighted by molar-refractivity contribution is -0.145. The molecular weight excluding hydrogens is 468 g/mol. The molecule has 6 nitrogen and oxygen atoms in total. The third kappa shape index (κ3) is 4.49. The Morgan fingerprint density at radius 2 is 1.60 bits per heavy atom. The van der Waals surface area contributed by atoms with Gasteiger partial charge in [-0.25, -0.2) is 9.18 Å². The Hall–Kier alpha value is -3.43. The molecule has 0 saturated heterocycles. The van der Waals surface area contributed by atoms with Gasteiger partial charge in [0.25, 0.3) is 0 Å². The molecule has 3 aromatic rings. The lowest BCUT2D eigenvalue weighted by Gasteiger charge is -2.36. The number of carboxylic acid groups (broad SMARTS) is 1. The quantitative estimate of drug-likeness (QED) is 0.319. The third-order valence-corrected chi connectivity index (χ3v) is 7.28. The van der Waals surface area contributed by atoms with E-state index < -0.39 is 36.0 Å². The number of aliphatic carboxylic acids is 1. The fraction of sp³-hybridized carbons (Fsp3) is 0.259. The van der Waals surface area contributed by atoms with Crippen LogP contribution in [0.4, 0.5) is 4.39 Å². The van der Waals surface area contributed by atoms with Crippen LogP contribution in [-0.2, 0) is 20.4 Å². The van der Waals surface area contributed by atoms with E-state index in [9.17, 15) is 28.9 Å². The number of carboxylic acids is 1. The second kappa shape index (κ2) is 9.31. The summed E-state index contributed by atoms with van der Waals surface area (Å²) in [5.74, 6) is -0.422. The number of terminal acetylenes is 1. The molecule has 3 unspecified atom stereocenters. The van der Waals surface area contributed by atoms with Gasteiger partial charge in [-0.15, -0.1) is 6.42 Å². The van der Waals surface area contributed by atoms with E-state index in [0.29, 0.717) is 16.8 Å². The van der Waals surface area contributed by atoms with Crippen LogP contribution in [0.3, 0.4) is 0 Å². The number of halogens is 1. The first-order chi connectivity index (χ1) is 16.3. The molecule has 3 rings (SSSR count). The summed E-state index contributed by atoms with van der Waals surface area (Å²) in [6.07, 6.45) is 5.52. The van der Waals surface area contributed by atoms with Gasteiger partial charge < -0.3 is 10.2 Å². The summed E-state index contributed by atoms with van der Waals surface area (Å²) in [5.41, 5.74) is -1.03. The molecule has 1 heterocycles.